The second-order valence-electron chi connectivity index (χ2n) is 6.14. The van der Waals surface area contributed by atoms with Crippen LogP contribution in [0.15, 0.2) is 5.16 Å². The highest BCUT2D eigenvalue weighted by Gasteiger charge is 2.56. The summed E-state index contributed by atoms with van der Waals surface area (Å²) in [5.74, 6) is -4.24. The van der Waals surface area contributed by atoms with Crippen LogP contribution in [-0.2, 0) is 28.9 Å². The molecule has 0 bridgehead atoms. The molecule has 1 aromatic rings. The van der Waals surface area contributed by atoms with Gasteiger partial charge in [0.1, 0.15) is 16.1 Å². The van der Waals surface area contributed by atoms with Crippen LogP contribution in [0, 0.1) is 0 Å². The van der Waals surface area contributed by atoms with E-state index in [0.717, 1.165) is 16.4 Å². The standard InChI is InChI=1S/C14H16ClN5O8S/c1-14(2)9(12(26)20(14)28-4-6(23)24)18-11(25)8(19-27-3-5(21)22)7-10(15)29-13(16)17-7/h9H,3-4H2,1-2H3,(H2,16,17)(H,18,25)(H,21,22)(H,23,24). The van der Waals surface area contributed by atoms with Crippen molar-refractivity contribution in [1.82, 2.24) is 15.4 Å². The van der Waals surface area contributed by atoms with Crippen LogP contribution in [0.3, 0.4) is 0 Å². The lowest BCUT2D eigenvalue weighted by Crippen LogP contribution is -2.76. The highest BCUT2D eigenvalue weighted by Crippen LogP contribution is 2.32. The largest absolute Gasteiger partial charge is 0.479 e. The van der Waals surface area contributed by atoms with Crippen LogP contribution >= 0.6 is 22.9 Å². The van der Waals surface area contributed by atoms with Gasteiger partial charge in [0.2, 0.25) is 6.61 Å². The smallest absolute Gasteiger partial charge is 0.344 e. The molecule has 15 heteroatoms. The Morgan fingerprint density at radius 2 is 1.97 bits per heavy atom. The topological polar surface area (TPSA) is 194 Å². The number of nitrogens with two attached hydrogens (primary N) is 1. The molecule has 0 spiro atoms. The Morgan fingerprint density at radius 1 is 1.34 bits per heavy atom. The van der Waals surface area contributed by atoms with Gasteiger partial charge >= 0.3 is 11.9 Å². The summed E-state index contributed by atoms with van der Waals surface area (Å²) >= 11 is 6.83. The van der Waals surface area contributed by atoms with Crippen molar-refractivity contribution in [3.05, 3.63) is 10.0 Å². The lowest BCUT2D eigenvalue weighted by molar-refractivity contribution is -0.257. The van der Waals surface area contributed by atoms with E-state index in [4.69, 9.17) is 32.4 Å². The van der Waals surface area contributed by atoms with E-state index >= 15 is 0 Å². The van der Waals surface area contributed by atoms with Crippen LogP contribution < -0.4 is 11.1 Å². The number of carbonyl (C=O) groups is 4. The lowest BCUT2D eigenvalue weighted by Gasteiger charge is -2.51. The summed E-state index contributed by atoms with van der Waals surface area (Å²) in [7, 11) is 0. The molecule has 2 amide bonds. The van der Waals surface area contributed by atoms with Crippen LogP contribution in [0.4, 0.5) is 5.13 Å². The number of aliphatic carboxylic acids is 2. The number of β-lactam (4-membered cyclic amide) rings is 1. The lowest BCUT2D eigenvalue weighted by atomic mass is 9.84. The first-order valence-electron chi connectivity index (χ1n) is 7.78. The zero-order chi connectivity index (χ0) is 21.9. The monoisotopic (exact) mass is 449 g/mol. The Labute approximate surface area is 172 Å². The number of nitrogens with zero attached hydrogens (tertiary/aromatic N) is 3. The number of carboxylic acid groups (broad SMARTS) is 2. The molecule has 29 heavy (non-hydrogen) atoms. The zero-order valence-electron chi connectivity index (χ0n) is 15.0. The third-order valence-electron chi connectivity index (χ3n) is 3.66. The minimum Gasteiger partial charge on any atom is -0.479 e. The third kappa shape index (κ3) is 4.90. The number of anilines is 1. The van der Waals surface area contributed by atoms with Crippen LogP contribution in [0.5, 0.6) is 0 Å². The second-order valence-corrected chi connectivity index (χ2v) is 7.77. The number of amides is 2. The third-order valence-corrected chi connectivity index (χ3v) is 4.74. The van der Waals surface area contributed by atoms with Gasteiger partial charge in [-0.3, -0.25) is 14.4 Å². The summed E-state index contributed by atoms with van der Waals surface area (Å²) < 4.78 is 0.000870. The van der Waals surface area contributed by atoms with Crippen LogP contribution in [0.2, 0.25) is 4.34 Å². The number of nitrogen functional groups attached to an aromatic ring is 1. The van der Waals surface area contributed by atoms with Crippen molar-refractivity contribution >= 4 is 57.5 Å². The van der Waals surface area contributed by atoms with Crippen molar-refractivity contribution < 1.29 is 39.1 Å². The van der Waals surface area contributed by atoms with Crippen molar-refractivity contribution in [2.24, 2.45) is 5.16 Å². The van der Waals surface area contributed by atoms with Gasteiger partial charge in [-0.15, -0.1) is 0 Å². The molecule has 1 saturated heterocycles. The number of carboxylic acids is 2. The van der Waals surface area contributed by atoms with E-state index in [0.29, 0.717) is 0 Å². The van der Waals surface area contributed by atoms with Crippen molar-refractivity contribution in [3.63, 3.8) is 0 Å². The first-order chi connectivity index (χ1) is 13.4. The highest BCUT2D eigenvalue weighted by atomic mass is 35.5. The van der Waals surface area contributed by atoms with Gasteiger partial charge in [-0.1, -0.05) is 28.1 Å². The normalized spacial score (nSPS) is 18.2. The summed E-state index contributed by atoms with van der Waals surface area (Å²) in [6.45, 7) is 1.50. The number of rotatable bonds is 9. The number of thiazole rings is 1. The number of carbonyl (C=O) groups excluding carboxylic acids is 2. The SMILES string of the molecule is CC1(C)C(NC(=O)C(=NOCC(=O)O)c2nc(N)sc2Cl)C(=O)N1OCC(=O)O. The number of aromatic nitrogens is 1. The first-order valence-corrected chi connectivity index (χ1v) is 8.98. The van der Waals surface area contributed by atoms with Crippen molar-refractivity contribution in [2.45, 2.75) is 25.4 Å². The van der Waals surface area contributed by atoms with E-state index in [1.54, 1.807) is 0 Å². The summed E-state index contributed by atoms with van der Waals surface area (Å²) in [6.07, 6.45) is 0. The molecule has 2 heterocycles. The quantitative estimate of drug-likeness (QED) is 0.213. The van der Waals surface area contributed by atoms with Gasteiger partial charge in [-0.05, 0) is 13.8 Å². The second kappa shape index (κ2) is 8.59. The minimum atomic E-state index is -1.33. The van der Waals surface area contributed by atoms with Gasteiger partial charge < -0.3 is 26.1 Å². The summed E-state index contributed by atoms with van der Waals surface area (Å²) in [5.41, 5.74) is 3.83. The number of hydrogen-bond acceptors (Lipinski definition) is 10. The molecule has 5 N–H and O–H groups in total. The summed E-state index contributed by atoms with van der Waals surface area (Å²) in [4.78, 5) is 59.5. The number of halogens is 1. The predicted molar refractivity (Wildman–Crippen MR) is 98.1 cm³/mol. The number of hydrogen-bond donors (Lipinski definition) is 4. The molecule has 2 rings (SSSR count). The number of hydroxylamine groups is 2. The molecule has 1 aliphatic heterocycles. The fourth-order valence-electron chi connectivity index (χ4n) is 2.35. The molecule has 13 nitrogen and oxygen atoms in total. The van der Waals surface area contributed by atoms with Gasteiger partial charge in [-0.2, -0.15) is 0 Å². The van der Waals surface area contributed by atoms with Crippen LogP contribution in [0.25, 0.3) is 0 Å². The maximum atomic E-state index is 12.7. The minimum absolute atomic E-state index is 0.000870. The molecule has 0 aliphatic carbocycles. The highest BCUT2D eigenvalue weighted by molar-refractivity contribution is 7.19. The van der Waals surface area contributed by atoms with Gasteiger partial charge in [-0.25, -0.2) is 19.6 Å². The van der Waals surface area contributed by atoms with E-state index < -0.39 is 54.3 Å². The zero-order valence-corrected chi connectivity index (χ0v) is 16.6. The molecule has 1 aliphatic rings. The average Bonchev–Trinajstić information content (AvgIpc) is 2.93. The summed E-state index contributed by atoms with van der Waals surface area (Å²) in [6, 6.07) is -1.09. The van der Waals surface area contributed by atoms with E-state index in [2.05, 4.69) is 20.3 Å². The number of nitrogens with one attached hydrogen (secondary N) is 1. The van der Waals surface area contributed by atoms with Crippen LogP contribution in [0.1, 0.15) is 19.5 Å². The number of oxime groups is 1. The van der Waals surface area contributed by atoms with Crippen molar-refractivity contribution in [2.75, 3.05) is 18.9 Å². The molecular weight excluding hydrogens is 434 g/mol. The molecule has 0 saturated carbocycles. The molecule has 1 fully saturated rings. The Hall–Kier alpha value is -2.97. The maximum absolute atomic E-state index is 12.7. The van der Waals surface area contributed by atoms with Gasteiger partial charge in [0.25, 0.3) is 11.8 Å². The molecule has 0 radical (unpaired) electrons. The molecular formula is C14H16ClN5O8S. The molecule has 0 aromatic carbocycles. The average molecular weight is 450 g/mol. The molecule has 1 atom stereocenters. The Bertz CT molecular complexity index is 885. The predicted octanol–water partition coefficient (Wildman–Crippen LogP) is -0.694. The Morgan fingerprint density at radius 3 is 2.45 bits per heavy atom. The van der Waals surface area contributed by atoms with Gasteiger partial charge in [0, 0.05) is 0 Å². The Kier molecular flexibility index (Phi) is 6.61. The van der Waals surface area contributed by atoms with E-state index in [-0.39, 0.29) is 15.2 Å². The van der Waals surface area contributed by atoms with Gasteiger partial charge in [0.05, 0.1) is 5.54 Å². The van der Waals surface area contributed by atoms with E-state index in [1.807, 2.05) is 0 Å². The molecule has 1 aromatic heterocycles. The molecule has 158 valence electrons. The fraction of sp³-hybridized carbons (Fsp3) is 0.429. The fourth-order valence-corrected chi connectivity index (χ4v) is 3.28. The Balaban J connectivity index is 2.19. The van der Waals surface area contributed by atoms with Gasteiger partial charge in [0.15, 0.2) is 17.5 Å². The van der Waals surface area contributed by atoms with Crippen molar-refractivity contribution in [3.8, 4) is 0 Å². The van der Waals surface area contributed by atoms with E-state index in [9.17, 15) is 19.2 Å². The van der Waals surface area contributed by atoms with Crippen molar-refractivity contribution in [1.29, 1.82) is 0 Å². The van der Waals surface area contributed by atoms with E-state index in [1.165, 1.54) is 13.8 Å². The molecule has 1 unspecified atom stereocenters. The summed E-state index contributed by atoms with van der Waals surface area (Å²) in [5, 5.41) is 24.0. The maximum Gasteiger partial charge on any atom is 0.344 e. The van der Waals surface area contributed by atoms with Crippen LogP contribution in [-0.4, -0.2) is 74.5 Å². The first kappa shape index (κ1) is 22.3.